The number of nitrogens with two attached hydrogens (primary N) is 1. The molecule has 0 fully saturated rings. The van der Waals surface area contributed by atoms with Crippen molar-refractivity contribution < 1.29 is 49.8 Å². The lowest BCUT2D eigenvalue weighted by Gasteiger charge is -2.18. The van der Waals surface area contributed by atoms with Crippen molar-refractivity contribution in [3.05, 3.63) is 60.7 Å². The molecule has 0 aliphatic carbocycles. The number of carboxylic acid groups (broad SMARTS) is 4. The van der Waals surface area contributed by atoms with E-state index >= 15 is 0 Å². The van der Waals surface area contributed by atoms with E-state index < -0.39 is 23.9 Å². The molecule has 1 atom stereocenters. The van der Waals surface area contributed by atoms with Crippen LogP contribution < -0.4 is 20.4 Å². The van der Waals surface area contributed by atoms with Gasteiger partial charge in [0.25, 0.3) is 0 Å². The second-order valence-electron chi connectivity index (χ2n) is 7.50. The van der Waals surface area contributed by atoms with Gasteiger partial charge in [-0.05, 0) is 36.6 Å². The number of hydrogen-bond acceptors (Lipinski definition) is 6. The van der Waals surface area contributed by atoms with Crippen molar-refractivity contribution >= 4 is 34.6 Å². The number of aliphatic carboxylic acids is 4. The lowest BCUT2D eigenvalue weighted by Crippen LogP contribution is -3.14. The van der Waals surface area contributed by atoms with Gasteiger partial charge in [-0.25, -0.2) is 9.59 Å². The number of hydrogen-bond donors (Lipinski definition) is 4. The number of fused-ring (bicyclic) bond motifs is 1. The van der Waals surface area contributed by atoms with E-state index in [1.165, 1.54) is 42.5 Å². The van der Waals surface area contributed by atoms with E-state index in [1.807, 2.05) is 0 Å². The normalized spacial score (nSPS) is 10.8. The fraction of sp³-hybridized carbons (Fsp3) is 0.360. The molecule has 2 aromatic carbocycles. The summed E-state index contributed by atoms with van der Waals surface area (Å²) in [6.07, 6.45) is 3.11. The van der Waals surface area contributed by atoms with Crippen molar-refractivity contribution in [2.75, 3.05) is 32.7 Å². The maximum Gasteiger partial charge on any atom is 0.351 e. The molecule has 0 spiro atoms. The fourth-order valence-electron chi connectivity index (χ4n) is 3.39. The molecule has 0 aromatic heterocycles. The highest BCUT2D eigenvalue weighted by Crippen LogP contribution is 2.27. The van der Waals surface area contributed by atoms with Gasteiger partial charge in [-0.1, -0.05) is 48.5 Å². The minimum atomic E-state index is -2.07. The third-order valence-corrected chi connectivity index (χ3v) is 5.22. The van der Waals surface area contributed by atoms with Crippen LogP contribution in [0.15, 0.2) is 55.1 Å². The van der Waals surface area contributed by atoms with Gasteiger partial charge in [0.05, 0.1) is 19.6 Å². The highest BCUT2D eigenvalue weighted by Gasteiger charge is 2.15. The van der Waals surface area contributed by atoms with Crippen LogP contribution in [0, 0.1) is 0 Å². The molecule has 2 aromatic rings. The van der Waals surface area contributed by atoms with Gasteiger partial charge < -0.3 is 40.2 Å². The Morgan fingerprint density at radius 1 is 0.971 bits per heavy atom. The molecule has 0 saturated carbocycles. The molecule has 10 nitrogen and oxygen atoms in total. The molecule has 2 rings (SSSR count). The van der Waals surface area contributed by atoms with Gasteiger partial charge in [0, 0.05) is 5.92 Å². The van der Waals surface area contributed by atoms with Crippen molar-refractivity contribution in [1.82, 2.24) is 0 Å². The number of carbonyl (C=O) groups is 4. The number of quaternary nitrogens is 2. The van der Waals surface area contributed by atoms with E-state index in [0.717, 1.165) is 13.0 Å². The number of likely N-dealkylation sites (N-methyl/N-ethyl adjacent to an activating group) is 1. The van der Waals surface area contributed by atoms with E-state index in [-0.39, 0.29) is 0 Å². The third kappa shape index (κ3) is 12.9. The van der Waals surface area contributed by atoms with Crippen LogP contribution in [0.2, 0.25) is 0 Å². The maximum absolute atomic E-state index is 9.04. The first-order valence-corrected chi connectivity index (χ1v) is 11.2. The molecular weight excluding hydrogens is 456 g/mol. The Kier molecular flexibility index (Phi) is 15.8. The summed E-state index contributed by atoms with van der Waals surface area (Å²) in [5.41, 5.74) is 1.47. The molecule has 0 aliphatic heterocycles. The quantitative estimate of drug-likeness (QED) is 0.162. The summed E-state index contributed by atoms with van der Waals surface area (Å²) in [6.45, 7) is 14.6. The van der Waals surface area contributed by atoms with Crippen LogP contribution >= 0.6 is 0 Å². The number of benzene rings is 2. The van der Waals surface area contributed by atoms with E-state index in [1.54, 1.807) is 4.90 Å². The topological polar surface area (TPSA) is 176 Å². The first kappa shape index (κ1) is 31.2. The highest BCUT2D eigenvalue weighted by atomic mass is 16.4. The second kappa shape index (κ2) is 17.7. The predicted molar refractivity (Wildman–Crippen MR) is 125 cm³/mol. The zero-order valence-electron chi connectivity index (χ0n) is 20.1. The van der Waals surface area contributed by atoms with Crippen LogP contribution in [0.1, 0.15) is 31.7 Å². The summed E-state index contributed by atoms with van der Waals surface area (Å²) in [6, 6.07) is 15.4. The van der Waals surface area contributed by atoms with Gasteiger partial charge >= 0.3 is 11.9 Å². The van der Waals surface area contributed by atoms with Crippen molar-refractivity contribution in [2.45, 2.75) is 26.2 Å². The highest BCUT2D eigenvalue weighted by molar-refractivity contribution is 6.26. The minimum absolute atomic E-state index is 0.547. The number of carbonyl (C=O) groups excluding carboxylic acids is 2. The summed E-state index contributed by atoms with van der Waals surface area (Å²) < 4.78 is 0. The fourth-order valence-corrected chi connectivity index (χ4v) is 3.39. The molecule has 0 aliphatic rings. The molecule has 35 heavy (non-hydrogen) atoms. The molecule has 5 N–H and O–H groups in total. The average molecular weight is 491 g/mol. The van der Waals surface area contributed by atoms with E-state index in [2.05, 4.69) is 74.3 Å². The van der Waals surface area contributed by atoms with Gasteiger partial charge in [0.2, 0.25) is 0 Å². The Bertz CT molecular complexity index is 920. The monoisotopic (exact) mass is 490 g/mol. The van der Waals surface area contributed by atoms with E-state index in [4.69, 9.17) is 39.6 Å². The summed E-state index contributed by atoms with van der Waals surface area (Å²) in [5.74, 6) is -7.47. The zero-order chi connectivity index (χ0) is 26.8. The molecule has 10 heteroatoms. The van der Waals surface area contributed by atoms with E-state index in [0.29, 0.717) is 5.92 Å². The zero-order valence-corrected chi connectivity index (χ0v) is 20.1. The van der Waals surface area contributed by atoms with Crippen LogP contribution in [-0.4, -0.2) is 66.8 Å². The standard InChI is InChI=1S/C21H30N2.2C2H2O4/c1-4-10-19(17-22-15-16-23(5-2)6-3)21-14-9-12-18-11-7-8-13-20(18)21;2*3-1(4)2(5)6/h4,7-9,11-14,19,22H,1,5-6,10,15-17H2,2-3H3;2*(H,3,4)(H,5,6). The van der Waals surface area contributed by atoms with Gasteiger partial charge in [-0.15, -0.1) is 6.58 Å². The molecule has 1 unspecified atom stereocenters. The van der Waals surface area contributed by atoms with E-state index in [9.17, 15) is 0 Å². The Morgan fingerprint density at radius 2 is 1.49 bits per heavy atom. The number of rotatable bonds is 10. The number of allylic oxidation sites excluding steroid dienone is 1. The number of nitrogens with one attached hydrogen (secondary N) is 1. The van der Waals surface area contributed by atoms with Crippen LogP contribution in [0.5, 0.6) is 0 Å². The minimum Gasteiger partial charge on any atom is -0.539 e. The molecule has 192 valence electrons. The molecule has 0 amide bonds. The van der Waals surface area contributed by atoms with Crippen molar-refractivity contribution in [2.24, 2.45) is 0 Å². The average Bonchev–Trinajstić information content (AvgIpc) is 2.83. The molecule has 0 heterocycles. The third-order valence-electron chi connectivity index (χ3n) is 5.22. The first-order chi connectivity index (χ1) is 16.6. The molecule has 0 saturated heterocycles. The van der Waals surface area contributed by atoms with Crippen LogP contribution in [-0.2, 0) is 19.2 Å². The van der Waals surface area contributed by atoms with Crippen molar-refractivity contribution in [3.63, 3.8) is 0 Å². The predicted octanol–water partition coefficient (Wildman–Crippen LogP) is -2.37. The molecular formula is C25H34N2O8. The Balaban J connectivity index is 0.000000797. The largest absolute Gasteiger partial charge is 0.539 e. The Labute approximate surface area is 204 Å². The van der Waals surface area contributed by atoms with Crippen LogP contribution in [0.4, 0.5) is 0 Å². The summed E-state index contributed by atoms with van der Waals surface area (Å²) in [7, 11) is 0. The lowest BCUT2D eigenvalue weighted by atomic mass is 9.91. The Morgan fingerprint density at radius 3 is 1.97 bits per heavy atom. The number of carboxylic acids is 4. The van der Waals surface area contributed by atoms with Gasteiger partial charge in [-0.2, -0.15) is 0 Å². The van der Waals surface area contributed by atoms with Crippen molar-refractivity contribution in [3.8, 4) is 0 Å². The summed E-state index contributed by atoms with van der Waals surface area (Å²) >= 11 is 0. The summed E-state index contributed by atoms with van der Waals surface area (Å²) in [5, 5.41) is 37.9. The maximum atomic E-state index is 9.04. The van der Waals surface area contributed by atoms with Gasteiger partial charge in [-0.3, -0.25) is 0 Å². The smallest absolute Gasteiger partial charge is 0.351 e. The lowest BCUT2D eigenvalue weighted by molar-refractivity contribution is -0.909. The van der Waals surface area contributed by atoms with Gasteiger partial charge in [0.1, 0.15) is 13.1 Å². The van der Waals surface area contributed by atoms with Gasteiger partial charge in [0.15, 0.2) is 11.9 Å². The molecule has 0 bridgehead atoms. The summed E-state index contributed by atoms with van der Waals surface area (Å²) in [4.78, 5) is 37.7. The molecule has 0 radical (unpaired) electrons. The van der Waals surface area contributed by atoms with Crippen LogP contribution in [0.3, 0.4) is 0 Å². The SMILES string of the molecule is C=CCC(C[NH2+]CC[NH+](CC)CC)c1cccc2ccccc12.O=C([O-])C(=O)O.O=C([O-])C(=O)O. The first-order valence-electron chi connectivity index (χ1n) is 11.2. The van der Waals surface area contributed by atoms with Crippen LogP contribution in [0.25, 0.3) is 10.8 Å². The second-order valence-corrected chi connectivity index (χ2v) is 7.50. The Hall–Kier alpha value is -3.76. The van der Waals surface area contributed by atoms with Crippen molar-refractivity contribution in [1.29, 1.82) is 0 Å².